The number of benzene rings is 2. The second-order valence-electron chi connectivity index (χ2n) is 7.77. The number of hydrogen-bond donors (Lipinski definition) is 2. The lowest BCUT2D eigenvalue weighted by atomic mass is 10.2. The predicted molar refractivity (Wildman–Crippen MR) is 116 cm³/mol. The molecule has 30 heavy (non-hydrogen) atoms. The lowest BCUT2D eigenvalue weighted by molar-refractivity contribution is 0.0947. The largest absolute Gasteiger partial charge is 0.351 e. The van der Waals surface area contributed by atoms with Gasteiger partial charge in [-0.15, -0.1) is 0 Å². The summed E-state index contributed by atoms with van der Waals surface area (Å²) in [5.41, 5.74) is 1.04. The number of carbonyl (C=O) groups excluding carboxylic acids is 1. The molecular weight excluding hydrogens is 405 g/mol. The molecule has 1 amide bonds. The van der Waals surface area contributed by atoms with Gasteiger partial charge in [0.1, 0.15) is 5.82 Å². The Kier molecular flexibility index (Phi) is 7.10. The normalized spacial score (nSPS) is 14.8. The van der Waals surface area contributed by atoms with Crippen molar-refractivity contribution in [1.29, 1.82) is 0 Å². The number of likely N-dealkylation sites (N-methyl/N-ethyl adjacent to an activating group) is 1. The number of nitrogens with zero attached hydrogens (tertiary/aromatic N) is 1. The molecule has 3 rings (SSSR count). The minimum Gasteiger partial charge on any atom is -0.351 e. The van der Waals surface area contributed by atoms with Gasteiger partial charge in [-0.3, -0.25) is 9.52 Å². The van der Waals surface area contributed by atoms with Crippen molar-refractivity contribution in [2.45, 2.75) is 43.5 Å². The molecule has 2 aromatic rings. The summed E-state index contributed by atoms with van der Waals surface area (Å²) >= 11 is 0. The van der Waals surface area contributed by atoms with Crippen LogP contribution < -0.4 is 10.0 Å². The third kappa shape index (κ3) is 5.58. The highest BCUT2D eigenvalue weighted by Gasteiger charge is 2.19. The maximum absolute atomic E-state index is 13.4. The molecule has 2 aromatic carbocycles. The number of sulfonamides is 1. The summed E-state index contributed by atoms with van der Waals surface area (Å²) < 4.78 is 40.8. The fraction of sp³-hybridized carbons (Fsp3) is 0.409. The van der Waals surface area contributed by atoms with Crippen LogP contribution in [-0.2, 0) is 10.0 Å². The van der Waals surface area contributed by atoms with Crippen LogP contribution in [0.5, 0.6) is 0 Å². The van der Waals surface area contributed by atoms with Crippen molar-refractivity contribution in [2.24, 2.45) is 0 Å². The molecule has 1 fully saturated rings. The van der Waals surface area contributed by atoms with Crippen molar-refractivity contribution in [3.8, 4) is 0 Å². The summed E-state index contributed by atoms with van der Waals surface area (Å²) in [6, 6.07) is 10.5. The van der Waals surface area contributed by atoms with Crippen molar-refractivity contribution < 1.29 is 17.6 Å². The van der Waals surface area contributed by atoms with E-state index in [1.807, 2.05) is 0 Å². The van der Waals surface area contributed by atoms with E-state index in [1.165, 1.54) is 56.9 Å². The Balaban J connectivity index is 1.54. The third-order valence-electron chi connectivity index (χ3n) is 5.54. The smallest absolute Gasteiger partial charge is 0.261 e. The van der Waals surface area contributed by atoms with Crippen LogP contribution in [-0.4, -0.2) is 45.4 Å². The fourth-order valence-electron chi connectivity index (χ4n) is 3.66. The maximum atomic E-state index is 13.4. The van der Waals surface area contributed by atoms with Gasteiger partial charge in [0.05, 0.1) is 4.90 Å². The van der Waals surface area contributed by atoms with Crippen LogP contribution in [0.1, 0.15) is 41.6 Å². The summed E-state index contributed by atoms with van der Waals surface area (Å²) in [7, 11) is -1.75. The first kappa shape index (κ1) is 22.2. The highest BCUT2D eigenvalue weighted by Crippen LogP contribution is 2.22. The second kappa shape index (κ2) is 9.57. The van der Waals surface area contributed by atoms with Crippen molar-refractivity contribution in [3.05, 3.63) is 59.4 Å². The Bertz CT molecular complexity index is 987. The van der Waals surface area contributed by atoms with Gasteiger partial charge in [-0.05, 0) is 74.8 Å². The minimum atomic E-state index is -3.84. The zero-order valence-corrected chi connectivity index (χ0v) is 18.1. The lowest BCUT2D eigenvalue weighted by Gasteiger charge is -2.23. The summed E-state index contributed by atoms with van der Waals surface area (Å²) in [6.07, 6.45) is 5.00. The van der Waals surface area contributed by atoms with Crippen LogP contribution in [0.2, 0.25) is 0 Å². The van der Waals surface area contributed by atoms with E-state index in [1.54, 1.807) is 12.1 Å². The van der Waals surface area contributed by atoms with Gasteiger partial charge >= 0.3 is 0 Å². The quantitative estimate of drug-likeness (QED) is 0.668. The fourth-order valence-corrected chi connectivity index (χ4v) is 4.81. The Labute approximate surface area is 177 Å². The standard InChI is InChI=1S/C22H28FN3O3S/c1-16-15-20(11-12-21(16)23)30(28,29)25-18-9-7-17(8-10-18)22(27)24-13-14-26(2)19-5-3-4-6-19/h7-12,15,19,25H,3-6,13-14H2,1-2H3,(H,24,27). The zero-order valence-electron chi connectivity index (χ0n) is 17.3. The van der Waals surface area contributed by atoms with Crippen molar-refractivity contribution in [2.75, 3.05) is 24.9 Å². The van der Waals surface area contributed by atoms with Gasteiger partial charge in [-0.1, -0.05) is 12.8 Å². The minimum absolute atomic E-state index is 0.0189. The lowest BCUT2D eigenvalue weighted by Crippen LogP contribution is -2.37. The molecule has 1 saturated carbocycles. The number of anilines is 1. The zero-order chi connectivity index (χ0) is 21.7. The van der Waals surface area contributed by atoms with Crippen molar-refractivity contribution >= 4 is 21.6 Å². The maximum Gasteiger partial charge on any atom is 0.261 e. The highest BCUT2D eigenvalue weighted by molar-refractivity contribution is 7.92. The van der Waals surface area contributed by atoms with Gasteiger partial charge < -0.3 is 10.2 Å². The molecule has 0 bridgehead atoms. The molecule has 8 heteroatoms. The van der Waals surface area contributed by atoms with Crippen LogP contribution in [0, 0.1) is 12.7 Å². The molecule has 162 valence electrons. The SMILES string of the molecule is Cc1cc(S(=O)(=O)Nc2ccc(C(=O)NCCN(C)C3CCCC3)cc2)ccc1F. The molecule has 0 unspecified atom stereocenters. The van der Waals surface area contributed by atoms with Crippen LogP contribution in [0.4, 0.5) is 10.1 Å². The van der Waals surface area contributed by atoms with E-state index < -0.39 is 15.8 Å². The van der Waals surface area contributed by atoms with E-state index in [0.29, 0.717) is 23.8 Å². The molecule has 0 heterocycles. The van der Waals surface area contributed by atoms with Gasteiger partial charge in [0, 0.05) is 30.4 Å². The monoisotopic (exact) mass is 433 g/mol. The van der Waals surface area contributed by atoms with Crippen molar-refractivity contribution in [1.82, 2.24) is 10.2 Å². The Morgan fingerprint density at radius 2 is 1.80 bits per heavy atom. The van der Waals surface area contributed by atoms with Gasteiger partial charge in [0.15, 0.2) is 0 Å². The number of hydrogen-bond acceptors (Lipinski definition) is 4. The van der Waals surface area contributed by atoms with Crippen LogP contribution in [0.25, 0.3) is 0 Å². The molecular formula is C22H28FN3O3S. The van der Waals surface area contributed by atoms with E-state index >= 15 is 0 Å². The first-order valence-corrected chi connectivity index (χ1v) is 11.6. The summed E-state index contributed by atoms with van der Waals surface area (Å²) in [6.45, 7) is 2.86. The third-order valence-corrected chi connectivity index (χ3v) is 6.92. The first-order chi connectivity index (χ1) is 14.3. The number of aryl methyl sites for hydroxylation is 1. The topological polar surface area (TPSA) is 78.5 Å². The molecule has 0 aromatic heterocycles. The first-order valence-electron chi connectivity index (χ1n) is 10.1. The van der Waals surface area contributed by atoms with Gasteiger partial charge in [0.25, 0.3) is 15.9 Å². The van der Waals surface area contributed by atoms with Gasteiger partial charge in [-0.25, -0.2) is 12.8 Å². The number of carbonyl (C=O) groups is 1. The Morgan fingerprint density at radius 3 is 2.43 bits per heavy atom. The summed E-state index contributed by atoms with van der Waals surface area (Å²) in [5.74, 6) is -0.655. The van der Waals surface area contributed by atoms with Crippen LogP contribution in [0.3, 0.4) is 0 Å². The number of halogens is 1. The highest BCUT2D eigenvalue weighted by atomic mass is 32.2. The molecule has 0 aliphatic heterocycles. The van der Waals surface area contributed by atoms with Crippen LogP contribution in [0.15, 0.2) is 47.4 Å². The van der Waals surface area contributed by atoms with Crippen LogP contribution >= 0.6 is 0 Å². The Morgan fingerprint density at radius 1 is 1.13 bits per heavy atom. The summed E-state index contributed by atoms with van der Waals surface area (Å²) in [4.78, 5) is 14.6. The predicted octanol–water partition coefficient (Wildman–Crippen LogP) is 3.54. The molecule has 1 aliphatic carbocycles. The molecule has 0 spiro atoms. The van der Waals surface area contributed by atoms with E-state index in [2.05, 4.69) is 22.0 Å². The molecule has 0 saturated heterocycles. The average molecular weight is 434 g/mol. The van der Waals surface area contributed by atoms with E-state index in [4.69, 9.17) is 0 Å². The van der Waals surface area contributed by atoms with Crippen molar-refractivity contribution in [3.63, 3.8) is 0 Å². The number of nitrogens with one attached hydrogen (secondary N) is 2. The van der Waals surface area contributed by atoms with Gasteiger partial charge in [-0.2, -0.15) is 0 Å². The Hall–Kier alpha value is -2.45. The van der Waals surface area contributed by atoms with E-state index in [-0.39, 0.29) is 16.4 Å². The molecule has 2 N–H and O–H groups in total. The van der Waals surface area contributed by atoms with E-state index in [9.17, 15) is 17.6 Å². The molecule has 0 radical (unpaired) electrons. The van der Waals surface area contributed by atoms with E-state index in [0.717, 1.165) is 12.6 Å². The molecule has 1 aliphatic rings. The number of amides is 1. The molecule has 0 atom stereocenters. The number of rotatable bonds is 8. The second-order valence-corrected chi connectivity index (χ2v) is 9.45. The average Bonchev–Trinajstić information content (AvgIpc) is 3.25. The summed E-state index contributed by atoms with van der Waals surface area (Å²) in [5, 5.41) is 2.90. The molecule has 6 nitrogen and oxygen atoms in total. The van der Waals surface area contributed by atoms with Gasteiger partial charge in [0.2, 0.25) is 0 Å².